The SMILES string of the molecule is CCCCC/C=C\C/C=C\CCCCCCCC(=O)OCCCCCCCCCCCC/C=C\CCCCCCCCCC(=O)NC(CO)C(O)/C=C/CCCCCCCCCCCCCCCCC. The fraction of sp³-hybridized carbons (Fsp3) is 0.844. The van der Waals surface area contributed by atoms with Gasteiger partial charge in [-0.3, -0.25) is 9.59 Å². The summed E-state index contributed by atoms with van der Waals surface area (Å²) < 4.78 is 5.47. The second-order valence-electron chi connectivity index (χ2n) is 21.0. The molecule has 0 saturated heterocycles. The van der Waals surface area contributed by atoms with Crippen LogP contribution in [0, 0.1) is 0 Å². The first-order valence-electron chi connectivity index (χ1n) is 30.9. The Bertz CT molecular complexity index is 1180. The molecule has 0 aliphatic rings. The molecule has 410 valence electrons. The summed E-state index contributed by atoms with van der Waals surface area (Å²) in [6, 6.07) is -0.635. The van der Waals surface area contributed by atoms with E-state index in [2.05, 4.69) is 55.6 Å². The van der Waals surface area contributed by atoms with Gasteiger partial charge < -0.3 is 20.3 Å². The molecule has 0 radical (unpaired) electrons. The van der Waals surface area contributed by atoms with E-state index in [-0.39, 0.29) is 18.5 Å². The molecule has 3 N–H and O–H groups in total. The summed E-state index contributed by atoms with van der Waals surface area (Å²) >= 11 is 0. The molecule has 1 amide bonds. The minimum Gasteiger partial charge on any atom is -0.466 e. The third kappa shape index (κ3) is 55.1. The third-order valence-electron chi connectivity index (χ3n) is 14.1. The summed E-state index contributed by atoms with van der Waals surface area (Å²) in [6.45, 7) is 4.87. The van der Waals surface area contributed by atoms with E-state index < -0.39 is 12.1 Å². The van der Waals surface area contributed by atoms with E-state index >= 15 is 0 Å². The lowest BCUT2D eigenvalue weighted by molar-refractivity contribution is -0.143. The van der Waals surface area contributed by atoms with E-state index in [1.807, 2.05) is 6.08 Å². The van der Waals surface area contributed by atoms with Gasteiger partial charge in [-0.25, -0.2) is 0 Å². The molecular weight excluding hydrogens is 863 g/mol. The molecule has 0 rings (SSSR count). The monoisotopic (exact) mass is 982 g/mol. The Labute approximate surface area is 436 Å². The van der Waals surface area contributed by atoms with Crippen LogP contribution in [0.3, 0.4) is 0 Å². The van der Waals surface area contributed by atoms with Crippen LogP contribution in [0.4, 0.5) is 0 Å². The number of unbranched alkanes of at least 4 members (excludes halogenated alkanes) is 40. The fourth-order valence-electron chi connectivity index (χ4n) is 9.31. The maximum absolute atomic E-state index is 12.5. The van der Waals surface area contributed by atoms with Crippen LogP contribution in [0.25, 0.3) is 0 Å². The van der Waals surface area contributed by atoms with E-state index in [0.29, 0.717) is 19.4 Å². The zero-order valence-corrected chi connectivity index (χ0v) is 46.7. The van der Waals surface area contributed by atoms with E-state index in [4.69, 9.17) is 4.74 Å². The minimum absolute atomic E-state index is 0.00670. The number of nitrogens with one attached hydrogen (secondary N) is 1. The number of aliphatic hydroxyl groups excluding tert-OH is 2. The highest BCUT2D eigenvalue weighted by Crippen LogP contribution is 2.16. The second-order valence-corrected chi connectivity index (χ2v) is 21.0. The highest BCUT2D eigenvalue weighted by atomic mass is 16.5. The van der Waals surface area contributed by atoms with Crippen molar-refractivity contribution in [1.82, 2.24) is 5.32 Å². The van der Waals surface area contributed by atoms with Crippen molar-refractivity contribution in [3.05, 3.63) is 48.6 Å². The van der Waals surface area contributed by atoms with Crippen molar-refractivity contribution in [2.75, 3.05) is 13.2 Å². The van der Waals surface area contributed by atoms with Gasteiger partial charge in [0.25, 0.3) is 0 Å². The zero-order chi connectivity index (χ0) is 50.7. The molecular formula is C64H119NO5. The van der Waals surface area contributed by atoms with Crippen LogP contribution in [0.5, 0.6) is 0 Å². The number of amides is 1. The molecule has 0 aliphatic heterocycles. The number of carbonyl (C=O) groups is 2. The number of rotatable bonds is 57. The van der Waals surface area contributed by atoms with Crippen molar-refractivity contribution in [2.45, 2.75) is 334 Å². The molecule has 0 fully saturated rings. The van der Waals surface area contributed by atoms with Gasteiger partial charge in [0.05, 0.1) is 25.4 Å². The molecule has 70 heavy (non-hydrogen) atoms. The highest BCUT2D eigenvalue weighted by molar-refractivity contribution is 5.76. The number of carbonyl (C=O) groups excluding carboxylic acids is 2. The molecule has 0 aliphatic carbocycles. The van der Waals surface area contributed by atoms with Gasteiger partial charge in [0.2, 0.25) is 5.91 Å². The Morgan fingerprint density at radius 1 is 0.400 bits per heavy atom. The van der Waals surface area contributed by atoms with Gasteiger partial charge in [-0.05, 0) is 89.9 Å². The molecule has 0 heterocycles. The lowest BCUT2D eigenvalue weighted by atomic mass is 10.0. The van der Waals surface area contributed by atoms with Gasteiger partial charge in [0.15, 0.2) is 0 Å². The van der Waals surface area contributed by atoms with Crippen molar-refractivity contribution in [2.24, 2.45) is 0 Å². The molecule has 0 aromatic heterocycles. The number of ether oxygens (including phenoxy) is 1. The predicted octanol–water partition coefficient (Wildman–Crippen LogP) is 19.4. The highest BCUT2D eigenvalue weighted by Gasteiger charge is 2.18. The first-order valence-corrected chi connectivity index (χ1v) is 30.9. The average Bonchev–Trinajstić information content (AvgIpc) is 3.36. The summed E-state index contributed by atoms with van der Waals surface area (Å²) in [6.07, 6.45) is 75.7. The summed E-state index contributed by atoms with van der Waals surface area (Å²) in [5.41, 5.74) is 0. The zero-order valence-electron chi connectivity index (χ0n) is 46.7. The molecule has 0 aromatic rings. The first kappa shape index (κ1) is 67.8. The van der Waals surface area contributed by atoms with Crippen molar-refractivity contribution in [1.29, 1.82) is 0 Å². The lowest BCUT2D eigenvalue weighted by Gasteiger charge is -2.20. The maximum Gasteiger partial charge on any atom is 0.305 e. The Morgan fingerprint density at radius 3 is 1.13 bits per heavy atom. The molecule has 2 unspecified atom stereocenters. The number of aliphatic hydroxyl groups is 2. The van der Waals surface area contributed by atoms with Crippen molar-refractivity contribution >= 4 is 11.9 Å². The number of allylic oxidation sites excluding steroid dienone is 7. The Kier molecular flexibility index (Phi) is 57.5. The van der Waals surface area contributed by atoms with Crippen LogP contribution in [0.15, 0.2) is 48.6 Å². The van der Waals surface area contributed by atoms with E-state index in [0.717, 1.165) is 57.8 Å². The third-order valence-corrected chi connectivity index (χ3v) is 14.1. The number of hydrogen-bond acceptors (Lipinski definition) is 5. The summed E-state index contributed by atoms with van der Waals surface area (Å²) in [7, 11) is 0. The van der Waals surface area contributed by atoms with Gasteiger partial charge in [-0.1, -0.05) is 268 Å². The molecule has 0 aromatic carbocycles. The molecule has 0 bridgehead atoms. The standard InChI is InChI=1S/C64H119NO5/c1-3-5-7-9-11-13-15-17-19-25-29-32-36-40-44-48-52-56-62(67)61(60-66)65-63(68)57-53-49-45-41-37-33-30-26-23-21-20-22-24-27-31-35-39-43-47-51-55-59-70-64(69)58-54-50-46-42-38-34-28-18-16-14-12-10-8-6-4-2/h12,14,18,21,23,28,52,56,61-62,66-67H,3-11,13,15-17,19-20,22,24-27,29-51,53-55,57-60H2,1-2H3,(H,65,68)/b14-12-,23-21-,28-18-,56-52+. The van der Waals surface area contributed by atoms with Crippen LogP contribution < -0.4 is 5.32 Å². The van der Waals surface area contributed by atoms with Crippen molar-refractivity contribution < 1.29 is 24.5 Å². The summed E-state index contributed by atoms with van der Waals surface area (Å²) in [5, 5.41) is 23.1. The maximum atomic E-state index is 12.5. The smallest absolute Gasteiger partial charge is 0.305 e. The lowest BCUT2D eigenvalue weighted by Crippen LogP contribution is -2.45. The molecule has 2 atom stereocenters. The topological polar surface area (TPSA) is 95.9 Å². The van der Waals surface area contributed by atoms with E-state index in [1.165, 1.54) is 238 Å². The van der Waals surface area contributed by atoms with Crippen LogP contribution >= 0.6 is 0 Å². The predicted molar refractivity (Wildman–Crippen MR) is 306 cm³/mol. The molecule has 6 nitrogen and oxygen atoms in total. The number of esters is 1. The summed E-state index contributed by atoms with van der Waals surface area (Å²) in [4.78, 5) is 24.5. The second kappa shape index (κ2) is 59.4. The quantitative estimate of drug-likeness (QED) is 0.0321. The van der Waals surface area contributed by atoms with Gasteiger partial charge in [0, 0.05) is 12.8 Å². The number of hydrogen-bond donors (Lipinski definition) is 3. The Balaban J connectivity index is 3.46. The largest absolute Gasteiger partial charge is 0.466 e. The van der Waals surface area contributed by atoms with Crippen molar-refractivity contribution in [3.63, 3.8) is 0 Å². The minimum atomic E-state index is -0.850. The van der Waals surface area contributed by atoms with Gasteiger partial charge in [-0.2, -0.15) is 0 Å². The van der Waals surface area contributed by atoms with Crippen LogP contribution in [0.1, 0.15) is 322 Å². The van der Waals surface area contributed by atoms with Gasteiger partial charge in [-0.15, -0.1) is 0 Å². The molecule has 0 saturated carbocycles. The normalized spacial score (nSPS) is 12.9. The van der Waals surface area contributed by atoms with E-state index in [1.54, 1.807) is 6.08 Å². The average molecular weight is 983 g/mol. The Hall–Kier alpha value is -2.18. The Morgan fingerprint density at radius 2 is 0.714 bits per heavy atom. The fourth-order valence-corrected chi connectivity index (χ4v) is 9.31. The first-order chi connectivity index (χ1) is 34.5. The van der Waals surface area contributed by atoms with Gasteiger partial charge in [0.1, 0.15) is 0 Å². The van der Waals surface area contributed by atoms with Crippen LogP contribution in [-0.4, -0.2) is 47.4 Å². The summed E-state index contributed by atoms with van der Waals surface area (Å²) in [5.74, 6) is -0.0817. The van der Waals surface area contributed by atoms with E-state index in [9.17, 15) is 19.8 Å². The molecule has 0 spiro atoms. The molecule has 6 heteroatoms. The van der Waals surface area contributed by atoms with Gasteiger partial charge >= 0.3 is 5.97 Å². The van der Waals surface area contributed by atoms with Crippen LogP contribution in [0.2, 0.25) is 0 Å². The van der Waals surface area contributed by atoms with Crippen LogP contribution in [-0.2, 0) is 14.3 Å². The van der Waals surface area contributed by atoms with Crippen molar-refractivity contribution in [3.8, 4) is 0 Å².